The average molecular weight is 215 g/mol. The third kappa shape index (κ3) is 1.23. The van der Waals surface area contributed by atoms with Crippen LogP contribution in [0.2, 0.25) is 0 Å². The maximum absolute atomic E-state index is 9.80. The van der Waals surface area contributed by atoms with Crippen molar-refractivity contribution in [2.24, 2.45) is 5.73 Å². The van der Waals surface area contributed by atoms with E-state index in [0.29, 0.717) is 5.69 Å². The van der Waals surface area contributed by atoms with Gasteiger partial charge in [-0.2, -0.15) is 5.10 Å². The summed E-state index contributed by atoms with van der Waals surface area (Å²) < 4.78 is 1.75. The second-order valence-electron chi connectivity index (χ2n) is 4.10. The maximum atomic E-state index is 9.80. The van der Waals surface area contributed by atoms with Crippen LogP contribution in [0.4, 0.5) is 0 Å². The van der Waals surface area contributed by atoms with E-state index >= 15 is 0 Å². The summed E-state index contributed by atoms with van der Waals surface area (Å²) in [6.07, 6.45) is 3.78. The molecule has 4 heteroatoms. The van der Waals surface area contributed by atoms with E-state index in [1.165, 1.54) is 5.56 Å². The monoisotopic (exact) mass is 215 g/mol. The van der Waals surface area contributed by atoms with Gasteiger partial charge >= 0.3 is 0 Å². The van der Waals surface area contributed by atoms with E-state index in [4.69, 9.17) is 5.73 Å². The molecule has 1 aromatic heterocycles. The number of fused-ring (bicyclic) bond motifs is 1. The molecule has 0 aliphatic heterocycles. The predicted molar refractivity (Wildman–Crippen MR) is 60.5 cm³/mol. The number of para-hydroxylation sites is 2. The van der Waals surface area contributed by atoms with Gasteiger partial charge in [0.1, 0.15) is 11.4 Å². The minimum Gasteiger partial charge on any atom is -0.506 e. The van der Waals surface area contributed by atoms with Crippen molar-refractivity contribution in [3.05, 3.63) is 41.7 Å². The minimum atomic E-state index is 0.0251. The van der Waals surface area contributed by atoms with Crippen LogP contribution in [0.5, 0.6) is 5.75 Å². The molecule has 0 fully saturated rings. The van der Waals surface area contributed by atoms with Gasteiger partial charge < -0.3 is 10.8 Å². The topological polar surface area (TPSA) is 64.1 Å². The third-order valence-electron chi connectivity index (χ3n) is 3.07. The van der Waals surface area contributed by atoms with Crippen LogP contribution in [-0.4, -0.2) is 14.9 Å². The van der Waals surface area contributed by atoms with Gasteiger partial charge in [-0.3, -0.25) is 0 Å². The van der Waals surface area contributed by atoms with Crippen molar-refractivity contribution < 1.29 is 5.11 Å². The largest absolute Gasteiger partial charge is 0.506 e. The van der Waals surface area contributed by atoms with E-state index in [9.17, 15) is 5.11 Å². The molecule has 0 radical (unpaired) electrons. The number of nitrogens with two attached hydrogens (primary N) is 1. The van der Waals surface area contributed by atoms with E-state index < -0.39 is 0 Å². The van der Waals surface area contributed by atoms with Crippen molar-refractivity contribution in [1.82, 2.24) is 9.78 Å². The lowest BCUT2D eigenvalue weighted by Gasteiger charge is -2.10. The van der Waals surface area contributed by atoms with Gasteiger partial charge in [-0.1, -0.05) is 12.1 Å². The molecule has 3 N–H and O–H groups in total. The second kappa shape index (κ2) is 3.35. The molecule has 1 aliphatic rings. The van der Waals surface area contributed by atoms with Crippen LogP contribution in [0, 0.1) is 0 Å². The zero-order valence-corrected chi connectivity index (χ0v) is 8.80. The Hall–Kier alpha value is -1.81. The lowest BCUT2D eigenvalue weighted by molar-refractivity contribution is 0.469. The average Bonchev–Trinajstić information content (AvgIpc) is 2.83. The summed E-state index contributed by atoms with van der Waals surface area (Å²) in [6, 6.07) is 7.20. The first-order chi connectivity index (χ1) is 7.77. The standard InChI is InChI=1S/C12H13N3O/c13-9-6-5-8-7-14-15(12(8)9)10-3-1-2-4-11(10)16/h1-4,7,9,16H,5-6,13H2. The van der Waals surface area contributed by atoms with Gasteiger partial charge in [0.25, 0.3) is 0 Å². The van der Waals surface area contributed by atoms with Crippen molar-refractivity contribution in [3.8, 4) is 11.4 Å². The van der Waals surface area contributed by atoms with E-state index in [2.05, 4.69) is 5.10 Å². The number of rotatable bonds is 1. The summed E-state index contributed by atoms with van der Waals surface area (Å²) in [4.78, 5) is 0. The van der Waals surface area contributed by atoms with E-state index in [1.54, 1.807) is 16.8 Å². The lowest BCUT2D eigenvalue weighted by atomic mass is 10.2. The Kier molecular flexibility index (Phi) is 1.97. The van der Waals surface area contributed by atoms with Gasteiger partial charge in [0.2, 0.25) is 0 Å². The number of phenolic OH excluding ortho intramolecular Hbond substituents is 1. The van der Waals surface area contributed by atoms with Gasteiger partial charge in [-0.15, -0.1) is 0 Å². The Morgan fingerprint density at radius 2 is 2.19 bits per heavy atom. The fourth-order valence-electron chi connectivity index (χ4n) is 2.26. The second-order valence-corrected chi connectivity index (χ2v) is 4.10. The highest BCUT2D eigenvalue weighted by molar-refractivity contribution is 5.47. The molecule has 0 bridgehead atoms. The van der Waals surface area contributed by atoms with E-state index in [-0.39, 0.29) is 11.8 Å². The molecule has 0 saturated carbocycles. The molecular formula is C12H13N3O. The van der Waals surface area contributed by atoms with Crippen molar-refractivity contribution in [2.45, 2.75) is 18.9 Å². The van der Waals surface area contributed by atoms with Crippen LogP contribution in [0.15, 0.2) is 30.5 Å². The Morgan fingerprint density at radius 3 is 3.00 bits per heavy atom. The van der Waals surface area contributed by atoms with E-state index in [0.717, 1.165) is 18.5 Å². The molecule has 16 heavy (non-hydrogen) atoms. The lowest BCUT2D eigenvalue weighted by Crippen LogP contribution is -2.12. The van der Waals surface area contributed by atoms with Crippen molar-refractivity contribution >= 4 is 0 Å². The van der Waals surface area contributed by atoms with Crippen LogP contribution in [0.25, 0.3) is 5.69 Å². The fraction of sp³-hybridized carbons (Fsp3) is 0.250. The molecule has 82 valence electrons. The van der Waals surface area contributed by atoms with Gasteiger partial charge in [0, 0.05) is 6.04 Å². The minimum absolute atomic E-state index is 0.0251. The van der Waals surface area contributed by atoms with Crippen molar-refractivity contribution in [2.75, 3.05) is 0 Å². The highest BCUT2D eigenvalue weighted by Crippen LogP contribution is 2.32. The zero-order chi connectivity index (χ0) is 11.1. The molecule has 1 unspecified atom stereocenters. The number of aromatic hydroxyl groups is 1. The molecule has 0 spiro atoms. The zero-order valence-electron chi connectivity index (χ0n) is 8.80. The van der Waals surface area contributed by atoms with Gasteiger partial charge in [0.15, 0.2) is 0 Å². The quantitative estimate of drug-likeness (QED) is 0.758. The summed E-state index contributed by atoms with van der Waals surface area (Å²) in [6.45, 7) is 0. The number of hydrogen-bond acceptors (Lipinski definition) is 3. The Bertz CT molecular complexity index is 533. The smallest absolute Gasteiger partial charge is 0.141 e. The number of phenols is 1. The Labute approximate surface area is 93.3 Å². The molecule has 1 aromatic carbocycles. The highest BCUT2D eigenvalue weighted by atomic mass is 16.3. The molecule has 1 heterocycles. The number of hydrogen-bond donors (Lipinski definition) is 2. The van der Waals surface area contributed by atoms with E-state index in [1.807, 2.05) is 18.3 Å². The number of benzene rings is 1. The Balaban J connectivity index is 2.19. The van der Waals surface area contributed by atoms with Crippen LogP contribution in [0.3, 0.4) is 0 Å². The molecule has 1 aliphatic carbocycles. The van der Waals surface area contributed by atoms with Crippen LogP contribution < -0.4 is 5.73 Å². The van der Waals surface area contributed by atoms with Gasteiger partial charge in [0.05, 0.1) is 11.9 Å². The molecule has 3 rings (SSSR count). The van der Waals surface area contributed by atoms with Crippen LogP contribution >= 0.6 is 0 Å². The summed E-state index contributed by atoms with van der Waals surface area (Å²) >= 11 is 0. The maximum Gasteiger partial charge on any atom is 0.141 e. The SMILES string of the molecule is NC1CCc2cnn(-c3ccccc3O)c21. The molecular weight excluding hydrogens is 202 g/mol. The summed E-state index contributed by atoms with van der Waals surface area (Å²) in [5, 5.41) is 14.1. The van der Waals surface area contributed by atoms with Gasteiger partial charge in [-0.05, 0) is 30.5 Å². The molecule has 0 saturated heterocycles. The fourth-order valence-corrected chi connectivity index (χ4v) is 2.26. The number of nitrogens with zero attached hydrogens (tertiary/aromatic N) is 2. The van der Waals surface area contributed by atoms with Crippen LogP contribution in [0.1, 0.15) is 23.7 Å². The highest BCUT2D eigenvalue weighted by Gasteiger charge is 2.25. The van der Waals surface area contributed by atoms with Crippen LogP contribution in [-0.2, 0) is 6.42 Å². The first-order valence-electron chi connectivity index (χ1n) is 5.38. The molecule has 2 aromatic rings. The summed E-state index contributed by atoms with van der Waals surface area (Å²) in [5.74, 6) is 0.229. The normalized spacial score (nSPS) is 18.7. The Morgan fingerprint density at radius 1 is 1.38 bits per heavy atom. The first kappa shape index (κ1) is 9.42. The third-order valence-corrected chi connectivity index (χ3v) is 3.07. The molecule has 0 amide bonds. The number of aromatic nitrogens is 2. The molecule has 1 atom stereocenters. The van der Waals surface area contributed by atoms with Crippen molar-refractivity contribution in [3.63, 3.8) is 0 Å². The summed E-state index contributed by atoms with van der Waals surface area (Å²) in [5.41, 5.74) is 8.95. The predicted octanol–water partition coefficient (Wildman–Crippen LogP) is 1.52. The summed E-state index contributed by atoms with van der Waals surface area (Å²) in [7, 11) is 0. The molecule has 4 nitrogen and oxygen atoms in total. The van der Waals surface area contributed by atoms with Crippen molar-refractivity contribution in [1.29, 1.82) is 0 Å². The first-order valence-corrected chi connectivity index (χ1v) is 5.38. The van der Waals surface area contributed by atoms with Gasteiger partial charge in [-0.25, -0.2) is 4.68 Å². The number of aryl methyl sites for hydroxylation is 1.